The third kappa shape index (κ3) is 7.60. The van der Waals surface area contributed by atoms with Crippen LogP contribution in [0.5, 0.6) is 0 Å². The summed E-state index contributed by atoms with van der Waals surface area (Å²) in [5.41, 5.74) is 5.55. The molecule has 0 atom stereocenters. The second kappa shape index (κ2) is 6.06. The van der Waals surface area contributed by atoms with Crippen molar-refractivity contribution in [3.8, 4) is 0 Å². The molecule has 0 rings (SSSR count). The Kier molecular flexibility index (Phi) is 5.80. The summed E-state index contributed by atoms with van der Waals surface area (Å²) in [6, 6.07) is 0. The molecule has 0 aliphatic heterocycles. The number of rotatable bonds is 4. The number of nitrogens with one attached hydrogen (secondary N) is 1. The van der Waals surface area contributed by atoms with E-state index < -0.39 is 0 Å². The fourth-order valence-corrected chi connectivity index (χ4v) is 0.663. The van der Waals surface area contributed by atoms with Gasteiger partial charge in [-0.2, -0.15) is 0 Å². The lowest BCUT2D eigenvalue weighted by Gasteiger charge is -2.04. The van der Waals surface area contributed by atoms with Crippen LogP contribution in [0.25, 0.3) is 0 Å². The zero-order valence-electron chi connectivity index (χ0n) is 7.60. The van der Waals surface area contributed by atoms with Crippen LogP contribution in [0, 0.1) is 5.92 Å². The zero-order chi connectivity index (χ0) is 9.56. The summed E-state index contributed by atoms with van der Waals surface area (Å²) >= 11 is 3.22. The van der Waals surface area contributed by atoms with E-state index in [0.29, 0.717) is 18.4 Å². The molecule has 0 fully saturated rings. The SMILES string of the molecule is C=C(Br)CNC(N)=NCC(C)C. The first-order valence-corrected chi connectivity index (χ1v) is 4.68. The molecule has 0 heterocycles. The van der Waals surface area contributed by atoms with E-state index in [1.54, 1.807) is 0 Å². The summed E-state index contributed by atoms with van der Waals surface area (Å²) in [6.45, 7) is 9.24. The summed E-state index contributed by atoms with van der Waals surface area (Å²) in [5.74, 6) is 1.02. The highest BCUT2D eigenvalue weighted by molar-refractivity contribution is 9.11. The Balaban J connectivity index is 3.63. The van der Waals surface area contributed by atoms with Crippen LogP contribution in [-0.2, 0) is 0 Å². The van der Waals surface area contributed by atoms with E-state index in [9.17, 15) is 0 Å². The smallest absolute Gasteiger partial charge is 0.188 e. The molecule has 4 heteroatoms. The monoisotopic (exact) mass is 233 g/mol. The molecule has 3 N–H and O–H groups in total. The van der Waals surface area contributed by atoms with Gasteiger partial charge in [-0.05, 0) is 5.92 Å². The normalized spacial score (nSPS) is 11.8. The van der Waals surface area contributed by atoms with Gasteiger partial charge < -0.3 is 11.1 Å². The molecule has 0 amide bonds. The Bertz CT molecular complexity index is 175. The highest BCUT2D eigenvalue weighted by Crippen LogP contribution is 1.96. The standard InChI is InChI=1S/C8H16BrN3/c1-6(2)4-11-8(10)12-5-7(3)9/h6H,3-5H2,1-2H3,(H3,10,11,12). The molecule has 0 saturated carbocycles. The average molecular weight is 234 g/mol. The van der Waals surface area contributed by atoms with Crippen LogP contribution in [0.2, 0.25) is 0 Å². The Hall–Kier alpha value is -0.510. The highest BCUT2D eigenvalue weighted by Gasteiger charge is 1.93. The molecule has 3 nitrogen and oxygen atoms in total. The van der Waals surface area contributed by atoms with E-state index in [1.165, 1.54) is 0 Å². The van der Waals surface area contributed by atoms with Crippen LogP contribution < -0.4 is 11.1 Å². The summed E-state index contributed by atoms with van der Waals surface area (Å²) in [6.07, 6.45) is 0. The van der Waals surface area contributed by atoms with Gasteiger partial charge >= 0.3 is 0 Å². The summed E-state index contributed by atoms with van der Waals surface area (Å²) in [7, 11) is 0. The molecule has 0 radical (unpaired) electrons. The quantitative estimate of drug-likeness (QED) is 0.571. The number of nitrogens with two attached hydrogens (primary N) is 1. The molecule has 0 aromatic carbocycles. The van der Waals surface area contributed by atoms with E-state index in [-0.39, 0.29) is 0 Å². The van der Waals surface area contributed by atoms with Crippen molar-refractivity contribution in [3.05, 3.63) is 11.1 Å². The van der Waals surface area contributed by atoms with Gasteiger partial charge in [-0.3, -0.25) is 4.99 Å². The fraction of sp³-hybridized carbons (Fsp3) is 0.625. The van der Waals surface area contributed by atoms with Gasteiger partial charge in [0.2, 0.25) is 0 Å². The van der Waals surface area contributed by atoms with Crippen molar-refractivity contribution < 1.29 is 0 Å². The summed E-state index contributed by atoms with van der Waals surface area (Å²) in [4.78, 5) is 4.12. The van der Waals surface area contributed by atoms with Crippen LogP contribution in [0.4, 0.5) is 0 Å². The third-order valence-corrected chi connectivity index (χ3v) is 1.37. The fourth-order valence-electron chi connectivity index (χ4n) is 0.523. The first kappa shape index (κ1) is 11.5. The second-order valence-electron chi connectivity index (χ2n) is 2.99. The average Bonchev–Trinajstić information content (AvgIpc) is 1.96. The maximum atomic E-state index is 5.55. The Morgan fingerprint density at radius 3 is 2.67 bits per heavy atom. The Morgan fingerprint density at radius 1 is 1.67 bits per heavy atom. The first-order valence-electron chi connectivity index (χ1n) is 3.89. The third-order valence-electron chi connectivity index (χ3n) is 1.09. The van der Waals surface area contributed by atoms with Gasteiger partial charge in [-0.1, -0.05) is 36.4 Å². The maximum Gasteiger partial charge on any atom is 0.188 e. The number of nitrogens with zero attached hydrogens (tertiary/aromatic N) is 1. The molecule has 70 valence electrons. The largest absolute Gasteiger partial charge is 0.370 e. The van der Waals surface area contributed by atoms with Crippen molar-refractivity contribution in [3.63, 3.8) is 0 Å². The van der Waals surface area contributed by atoms with Crippen molar-refractivity contribution >= 4 is 21.9 Å². The first-order chi connectivity index (χ1) is 5.52. The minimum absolute atomic E-state index is 0.476. The van der Waals surface area contributed by atoms with E-state index >= 15 is 0 Å². The number of guanidine groups is 1. The minimum atomic E-state index is 0.476. The molecule has 0 spiro atoms. The molecule has 0 aliphatic rings. The number of halogens is 1. The lowest BCUT2D eigenvalue weighted by atomic mass is 10.2. The van der Waals surface area contributed by atoms with Gasteiger partial charge in [0.05, 0.1) is 0 Å². The molecule has 0 unspecified atom stereocenters. The van der Waals surface area contributed by atoms with Crippen molar-refractivity contribution in [2.24, 2.45) is 16.6 Å². The van der Waals surface area contributed by atoms with E-state index in [1.807, 2.05) is 0 Å². The van der Waals surface area contributed by atoms with E-state index in [2.05, 4.69) is 46.7 Å². The van der Waals surface area contributed by atoms with E-state index in [0.717, 1.165) is 11.0 Å². The number of hydrogen-bond acceptors (Lipinski definition) is 1. The molecule has 0 aromatic rings. The molecule has 0 saturated heterocycles. The van der Waals surface area contributed by atoms with E-state index in [4.69, 9.17) is 5.73 Å². The molecular formula is C8H16BrN3. The predicted octanol–water partition coefficient (Wildman–Crippen LogP) is 1.46. The second-order valence-corrected chi connectivity index (χ2v) is 4.11. The van der Waals surface area contributed by atoms with Crippen LogP contribution in [-0.4, -0.2) is 19.0 Å². The molecule has 12 heavy (non-hydrogen) atoms. The van der Waals surface area contributed by atoms with Crippen LogP contribution in [0.3, 0.4) is 0 Å². The van der Waals surface area contributed by atoms with Crippen LogP contribution >= 0.6 is 15.9 Å². The number of aliphatic imine (C=N–C) groups is 1. The Morgan fingerprint density at radius 2 is 2.25 bits per heavy atom. The van der Waals surface area contributed by atoms with Gasteiger partial charge in [0.1, 0.15) is 0 Å². The van der Waals surface area contributed by atoms with Crippen molar-refractivity contribution in [1.29, 1.82) is 0 Å². The lowest BCUT2D eigenvalue weighted by molar-refractivity contribution is 0.662. The van der Waals surface area contributed by atoms with Gasteiger partial charge in [0, 0.05) is 17.6 Å². The maximum absolute atomic E-state index is 5.55. The number of hydrogen-bond donors (Lipinski definition) is 2. The van der Waals surface area contributed by atoms with Gasteiger partial charge in [-0.15, -0.1) is 0 Å². The van der Waals surface area contributed by atoms with Crippen molar-refractivity contribution in [1.82, 2.24) is 5.32 Å². The Labute approximate surface area is 82.3 Å². The molecule has 0 bridgehead atoms. The predicted molar refractivity (Wildman–Crippen MR) is 57.4 cm³/mol. The highest BCUT2D eigenvalue weighted by atomic mass is 79.9. The lowest BCUT2D eigenvalue weighted by Crippen LogP contribution is -2.32. The van der Waals surface area contributed by atoms with Crippen molar-refractivity contribution in [2.45, 2.75) is 13.8 Å². The van der Waals surface area contributed by atoms with Crippen LogP contribution in [0.15, 0.2) is 16.1 Å². The van der Waals surface area contributed by atoms with Crippen LogP contribution in [0.1, 0.15) is 13.8 Å². The summed E-state index contributed by atoms with van der Waals surface area (Å²) in [5, 5.41) is 2.92. The molecule has 0 aromatic heterocycles. The minimum Gasteiger partial charge on any atom is -0.370 e. The molecular weight excluding hydrogens is 218 g/mol. The topological polar surface area (TPSA) is 50.4 Å². The van der Waals surface area contributed by atoms with Gasteiger partial charge in [-0.25, -0.2) is 0 Å². The van der Waals surface area contributed by atoms with Gasteiger partial charge in [0.25, 0.3) is 0 Å². The zero-order valence-corrected chi connectivity index (χ0v) is 9.19. The summed E-state index contributed by atoms with van der Waals surface area (Å²) < 4.78 is 0.866. The van der Waals surface area contributed by atoms with Gasteiger partial charge in [0.15, 0.2) is 5.96 Å². The van der Waals surface area contributed by atoms with Crippen molar-refractivity contribution in [2.75, 3.05) is 13.1 Å². The molecule has 0 aliphatic carbocycles.